The predicted molar refractivity (Wildman–Crippen MR) is 139 cm³/mol. The Hall–Kier alpha value is -4.05. The lowest BCUT2D eigenvalue weighted by atomic mass is 9.81. The standard InChI is InChI=1S/C23H28N4O2.2C2HF3O2/c1-25(2)13-14-27-22-19-7-3-4-8-21(19)29-23(20(22)16-24-27)9-11-26(12-10-23)17-18-6-5-15-28-18;2*3-2(4,5)1(6)7/h3-8,15-16H,9-14,17H2,1-2H3;2*(H,6,7). The molecule has 2 aliphatic rings. The highest BCUT2D eigenvalue weighted by molar-refractivity contribution is 5.74. The normalized spacial score (nSPS) is 15.7. The van der Waals surface area contributed by atoms with Crippen LogP contribution in [-0.4, -0.2) is 87.8 Å². The third-order valence-corrected chi connectivity index (χ3v) is 6.65. The minimum Gasteiger partial charge on any atom is -0.482 e. The fraction of sp³-hybridized carbons (Fsp3) is 0.444. The van der Waals surface area contributed by atoms with Crippen LogP contribution in [0.1, 0.15) is 24.2 Å². The summed E-state index contributed by atoms with van der Waals surface area (Å²) in [6.45, 7) is 4.64. The first-order valence-corrected chi connectivity index (χ1v) is 12.9. The largest absolute Gasteiger partial charge is 0.490 e. The molecule has 3 aromatic rings. The van der Waals surface area contributed by atoms with Crippen LogP contribution in [0.2, 0.25) is 0 Å². The highest BCUT2D eigenvalue weighted by Gasteiger charge is 2.45. The van der Waals surface area contributed by atoms with E-state index in [-0.39, 0.29) is 5.60 Å². The van der Waals surface area contributed by atoms with Crippen molar-refractivity contribution in [2.24, 2.45) is 0 Å². The third kappa shape index (κ3) is 8.73. The molecule has 2 N–H and O–H groups in total. The molecule has 2 aliphatic heterocycles. The van der Waals surface area contributed by atoms with Gasteiger partial charge in [-0.1, -0.05) is 12.1 Å². The fourth-order valence-corrected chi connectivity index (χ4v) is 4.55. The van der Waals surface area contributed by atoms with Gasteiger partial charge in [0.1, 0.15) is 17.1 Å². The third-order valence-electron chi connectivity index (χ3n) is 6.65. The molecule has 1 spiro atoms. The minimum absolute atomic E-state index is 0.292. The van der Waals surface area contributed by atoms with Crippen LogP contribution in [0.15, 0.2) is 53.3 Å². The van der Waals surface area contributed by atoms with E-state index in [0.717, 1.165) is 62.6 Å². The molecule has 0 aliphatic carbocycles. The topological polar surface area (TPSA) is 121 Å². The van der Waals surface area contributed by atoms with E-state index in [4.69, 9.17) is 34.1 Å². The lowest BCUT2D eigenvalue weighted by Crippen LogP contribution is -2.47. The number of ether oxygens (including phenoxy) is 1. The smallest absolute Gasteiger partial charge is 0.482 e. The van der Waals surface area contributed by atoms with Gasteiger partial charge in [0.2, 0.25) is 0 Å². The molecule has 0 unspecified atom stereocenters. The van der Waals surface area contributed by atoms with Crippen LogP contribution >= 0.6 is 0 Å². The van der Waals surface area contributed by atoms with Crippen LogP contribution in [0.4, 0.5) is 26.3 Å². The van der Waals surface area contributed by atoms with Gasteiger partial charge in [-0.3, -0.25) is 9.58 Å². The quantitative estimate of drug-likeness (QED) is 0.386. The van der Waals surface area contributed by atoms with Gasteiger partial charge in [0, 0.05) is 43.6 Å². The molecule has 0 bridgehead atoms. The van der Waals surface area contributed by atoms with Crippen LogP contribution in [0.3, 0.4) is 0 Å². The molecule has 0 amide bonds. The van der Waals surface area contributed by atoms with E-state index < -0.39 is 24.3 Å². The van der Waals surface area contributed by atoms with E-state index in [9.17, 15) is 26.3 Å². The Labute approximate surface area is 242 Å². The van der Waals surface area contributed by atoms with Crippen LogP contribution in [0.25, 0.3) is 11.3 Å². The SMILES string of the molecule is CN(C)CCn1ncc2c1-c1ccccc1OC21CCN(Cc2ccco2)CC1.O=C(O)C(F)(F)F.O=C(O)C(F)(F)F. The molecule has 0 radical (unpaired) electrons. The number of aliphatic carboxylic acids is 2. The van der Waals surface area contributed by atoms with Gasteiger partial charge in [-0.15, -0.1) is 0 Å². The Morgan fingerprint density at radius 3 is 2.07 bits per heavy atom. The molecular formula is C27H30F6N4O6. The lowest BCUT2D eigenvalue weighted by molar-refractivity contribution is -0.193. The number of likely N-dealkylation sites (N-methyl/N-ethyl adjacent to an activating group) is 1. The average Bonchev–Trinajstić information content (AvgIpc) is 3.59. The van der Waals surface area contributed by atoms with Gasteiger partial charge >= 0.3 is 24.3 Å². The number of hydrogen-bond donors (Lipinski definition) is 2. The maximum atomic E-state index is 10.6. The van der Waals surface area contributed by atoms with E-state index in [1.165, 1.54) is 11.3 Å². The van der Waals surface area contributed by atoms with E-state index in [1.807, 2.05) is 18.3 Å². The summed E-state index contributed by atoms with van der Waals surface area (Å²) in [6.07, 6.45) is -4.47. The Morgan fingerprint density at radius 1 is 0.977 bits per heavy atom. The molecule has 16 heteroatoms. The maximum absolute atomic E-state index is 10.6. The number of nitrogens with zero attached hydrogens (tertiary/aromatic N) is 4. The van der Waals surface area contributed by atoms with E-state index in [2.05, 4.69) is 52.8 Å². The number of carboxylic acids is 2. The molecule has 0 saturated carbocycles. The van der Waals surface area contributed by atoms with Crippen LogP contribution in [0.5, 0.6) is 5.75 Å². The number of furan rings is 1. The highest BCUT2D eigenvalue weighted by Crippen LogP contribution is 2.49. The first-order valence-electron chi connectivity index (χ1n) is 12.9. The number of hydrogen-bond acceptors (Lipinski definition) is 7. The minimum atomic E-state index is -5.08. The predicted octanol–water partition coefficient (Wildman–Crippen LogP) is 4.86. The van der Waals surface area contributed by atoms with Crippen molar-refractivity contribution in [2.45, 2.75) is 43.9 Å². The zero-order valence-electron chi connectivity index (χ0n) is 23.2. The number of rotatable bonds is 5. The zero-order valence-corrected chi connectivity index (χ0v) is 23.2. The first kappa shape index (κ1) is 33.5. The Morgan fingerprint density at radius 2 is 1.56 bits per heavy atom. The van der Waals surface area contributed by atoms with Gasteiger partial charge in [-0.05, 0) is 38.4 Å². The summed E-state index contributed by atoms with van der Waals surface area (Å²) in [5.41, 5.74) is 3.34. The number of aromatic nitrogens is 2. The summed E-state index contributed by atoms with van der Waals surface area (Å²) in [6, 6.07) is 12.4. The van der Waals surface area contributed by atoms with Crippen molar-refractivity contribution in [3.05, 3.63) is 60.2 Å². The number of carbonyl (C=O) groups is 2. The number of likely N-dealkylation sites (tertiary alicyclic amines) is 1. The maximum Gasteiger partial charge on any atom is 0.490 e. The molecule has 1 fully saturated rings. The summed E-state index contributed by atoms with van der Waals surface area (Å²) in [5.74, 6) is -3.51. The molecule has 1 saturated heterocycles. The number of carboxylic acid groups (broad SMARTS) is 2. The second-order valence-corrected chi connectivity index (χ2v) is 9.99. The molecule has 43 heavy (non-hydrogen) atoms. The number of alkyl halides is 6. The molecule has 4 heterocycles. The highest BCUT2D eigenvalue weighted by atomic mass is 19.4. The van der Waals surface area contributed by atoms with Crippen LogP contribution in [-0.2, 0) is 28.3 Å². The number of para-hydroxylation sites is 1. The van der Waals surface area contributed by atoms with Gasteiger partial charge in [0.15, 0.2) is 0 Å². The molecule has 1 aromatic carbocycles. The number of fused-ring (bicyclic) bond motifs is 4. The van der Waals surface area contributed by atoms with Gasteiger partial charge in [0.05, 0.1) is 31.2 Å². The van der Waals surface area contributed by atoms with Crippen molar-refractivity contribution in [1.29, 1.82) is 0 Å². The molecule has 5 rings (SSSR count). The molecule has 10 nitrogen and oxygen atoms in total. The van der Waals surface area contributed by atoms with E-state index >= 15 is 0 Å². The Bertz CT molecular complexity index is 1340. The molecular weight excluding hydrogens is 590 g/mol. The number of halogens is 6. The summed E-state index contributed by atoms with van der Waals surface area (Å²) in [4.78, 5) is 22.4. The Kier molecular flexibility index (Phi) is 10.5. The van der Waals surface area contributed by atoms with E-state index in [0.29, 0.717) is 0 Å². The van der Waals surface area contributed by atoms with Crippen molar-refractivity contribution in [1.82, 2.24) is 19.6 Å². The summed E-state index contributed by atoms with van der Waals surface area (Å²) >= 11 is 0. The second-order valence-electron chi connectivity index (χ2n) is 9.99. The Balaban J connectivity index is 0.000000303. The average molecular weight is 621 g/mol. The summed E-state index contributed by atoms with van der Waals surface area (Å²) in [7, 11) is 4.20. The van der Waals surface area contributed by atoms with Crippen molar-refractivity contribution in [3.8, 4) is 17.0 Å². The number of benzene rings is 1. The molecule has 236 valence electrons. The van der Waals surface area contributed by atoms with Crippen molar-refractivity contribution in [3.63, 3.8) is 0 Å². The first-order chi connectivity index (χ1) is 20.0. The second kappa shape index (κ2) is 13.5. The van der Waals surface area contributed by atoms with Crippen LogP contribution in [0, 0.1) is 0 Å². The van der Waals surface area contributed by atoms with Crippen molar-refractivity contribution in [2.75, 3.05) is 33.7 Å². The summed E-state index contributed by atoms with van der Waals surface area (Å²) < 4.78 is 77.9. The van der Waals surface area contributed by atoms with Gasteiger partial charge < -0.3 is 24.3 Å². The van der Waals surface area contributed by atoms with Crippen molar-refractivity contribution < 1.29 is 55.3 Å². The van der Waals surface area contributed by atoms with Gasteiger partial charge in [-0.25, -0.2) is 9.59 Å². The monoisotopic (exact) mass is 620 g/mol. The van der Waals surface area contributed by atoms with Gasteiger partial charge in [0.25, 0.3) is 0 Å². The molecule has 0 atom stereocenters. The van der Waals surface area contributed by atoms with Gasteiger partial charge in [-0.2, -0.15) is 31.4 Å². The lowest BCUT2D eigenvalue weighted by Gasteiger charge is -2.44. The summed E-state index contributed by atoms with van der Waals surface area (Å²) in [5, 5.41) is 19.0. The van der Waals surface area contributed by atoms with Crippen molar-refractivity contribution >= 4 is 11.9 Å². The van der Waals surface area contributed by atoms with Crippen LogP contribution < -0.4 is 4.74 Å². The molecule has 2 aromatic heterocycles. The zero-order chi connectivity index (χ0) is 32.0. The number of piperidine rings is 1. The fourth-order valence-electron chi connectivity index (χ4n) is 4.55. The van der Waals surface area contributed by atoms with E-state index in [1.54, 1.807) is 6.26 Å².